The Labute approximate surface area is 192 Å². The van der Waals surface area contributed by atoms with Gasteiger partial charge in [0.25, 0.3) is 0 Å². The molecule has 0 aromatic rings. The maximum atomic E-state index is 12.0. The number of urea groups is 2. The molecule has 0 saturated carbocycles. The second-order valence-corrected chi connectivity index (χ2v) is 6.84. The van der Waals surface area contributed by atoms with Crippen LogP contribution in [0.2, 0.25) is 0 Å². The Morgan fingerprint density at radius 2 is 0.971 bits per heavy atom. The van der Waals surface area contributed by atoms with Gasteiger partial charge < -0.3 is 50.4 Å². The zero-order valence-electron chi connectivity index (χ0n) is 17.5. The molecule has 0 aromatic heterocycles. The molecule has 2 heterocycles. The van der Waals surface area contributed by atoms with Crippen molar-refractivity contribution in [1.82, 2.24) is 21.3 Å². The molecule has 2 unspecified atom stereocenters. The molecule has 0 saturated heterocycles. The van der Waals surface area contributed by atoms with Gasteiger partial charge in [-0.15, -0.1) is 0 Å². The van der Waals surface area contributed by atoms with Crippen LogP contribution in [0.1, 0.15) is 12.8 Å². The van der Waals surface area contributed by atoms with Crippen molar-refractivity contribution in [2.75, 3.05) is 0 Å². The SMILES string of the molecule is NC1(CC(C(=O)O)C(CC2(N)OC=CNC(=O)NC=CO2)C(=O)O)OC=CNC(=O)NC=CO1. The van der Waals surface area contributed by atoms with Gasteiger partial charge in [-0.25, -0.2) is 9.59 Å². The van der Waals surface area contributed by atoms with Crippen molar-refractivity contribution >= 4 is 24.0 Å². The Hall–Kier alpha value is -4.44. The monoisotopic (exact) mass is 484 g/mol. The van der Waals surface area contributed by atoms with Crippen molar-refractivity contribution < 1.29 is 48.3 Å². The summed E-state index contributed by atoms with van der Waals surface area (Å²) in [5.41, 5.74) is 12.0. The standard InChI is InChI=1S/C18H24N6O10/c19-17(31-5-1-21-15(29)22-2-6-32-17)9-11(13(25)26)12(14(27)28)10-18(20)33-7-3-23-16(30)24-4-8-34-18/h1-8,11-12H,9-10,19-20H2,(H,25,26)(H,27,28)(H2,21,22,29)(H2,23,24,30). The molecular formula is C18H24N6O10. The van der Waals surface area contributed by atoms with Gasteiger partial charge in [-0.2, -0.15) is 0 Å². The molecule has 2 rings (SSSR count). The van der Waals surface area contributed by atoms with Gasteiger partial charge in [0.15, 0.2) is 0 Å². The van der Waals surface area contributed by atoms with E-state index in [1.54, 1.807) is 0 Å². The van der Waals surface area contributed by atoms with E-state index in [-0.39, 0.29) is 0 Å². The largest absolute Gasteiger partial charge is 0.481 e. The molecule has 10 N–H and O–H groups in total. The van der Waals surface area contributed by atoms with Crippen molar-refractivity contribution in [2.24, 2.45) is 23.3 Å². The predicted octanol–water partition coefficient (Wildman–Crippen LogP) is -1.03. The lowest BCUT2D eigenvalue weighted by Gasteiger charge is -2.35. The minimum atomic E-state index is -2.15. The molecule has 2 atom stereocenters. The summed E-state index contributed by atoms with van der Waals surface area (Å²) in [6.45, 7) is 0. The molecule has 16 nitrogen and oxygen atoms in total. The van der Waals surface area contributed by atoms with Crippen LogP contribution in [-0.2, 0) is 28.5 Å². The van der Waals surface area contributed by atoms with Crippen molar-refractivity contribution in [2.45, 2.75) is 24.7 Å². The van der Waals surface area contributed by atoms with E-state index in [1.165, 1.54) is 0 Å². The molecule has 16 heteroatoms. The quantitative estimate of drug-likeness (QED) is 0.216. The summed E-state index contributed by atoms with van der Waals surface area (Å²) in [6, 6.07) is -1.23. The summed E-state index contributed by atoms with van der Waals surface area (Å²) in [6.07, 6.45) is 6.62. The maximum absolute atomic E-state index is 12.0. The van der Waals surface area contributed by atoms with Gasteiger partial charge in [0, 0.05) is 24.8 Å². The lowest BCUT2D eigenvalue weighted by atomic mass is 9.84. The van der Waals surface area contributed by atoms with Gasteiger partial charge in [-0.3, -0.25) is 21.1 Å². The number of carboxylic acid groups (broad SMARTS) is 2. The van der Waals surface area contributed by atoms with Crippen molar-refractivity contribution in [1.29, 1.82) is 0 Å². The summed E-state index contributed by atoms with van der Waals surface area (Å²) in [5, 5.41) is 28.6. The summed E-state index contributed by atoms with van der Waals surface area (Å²) < 4.78 is 20.9. The van der Waals surface area contributed by atoms with Crippen LogP contribution < -0.4 is 32.7 Å². The van der Waals surface area contributed by atoms with Crippen LogP contribution in [0.15, 0.2) is 49.8 Å². The summed E-state index contributed by atoms with van der Waals surface area (Å²) in [7, 11) is 0. The Bertz CT molecular complexity index is 790. The van der Waals surface area contributed by atoms with Crippen LogP contribution in [-0.4, -0.2) is 46.0 Å². The van der Waals surface area contributed by atoms with Gasteiger partial charge in [-0.1, -0.05) is 0 Å². The van der Waals surface area contributed by atoms with E-state index >= 15 is 0 Å². The van der Waals surface area contributed by atoms with Crippen LogP contribution in [0.25, 0.3) is 0 Å². The second kappa shape index (κ2) is 11.4. The van der Waals surface area contributed by atoms with Crippen LogP contribution in [0.5, 0.6) is 0 Å². The highest BCUT2D eigenvalue weighted by atomic mass is 16.7. The molecule has 0 aliphatic carbocycles. The van der Waals surface area contributed by atoms with E-state index < -0.39 is 60.5 Å². The molecule has 2 aliphatic heterocycles. The van der Waals surface area contributed by atoms with E-state index in [4.69, 9.17) is 30.4 Å². The van der Waals surface area contributed by atoms with Gasteiger partial charge in [0.05, 0.1) is 24.7 Å². The number of ether oxygens (including phenoxy) is 4. The third-order valence-corrected chi connectivity index (χ3v) is 4.33. The first-order valence-electron chi connectivity index (χ1n) is 9.52. The number of carbonyl (C=O) groups excluding carboxylic acids is 2. The molecule has 0 radical (unpaired) electrons. The molecular weight excluding hydrogens is 460 g/mol. The zero-order valence-corrected chi connectivity index (χ0v) is 17.5. The van der Waals surface area contributed by atoms with Crippen molar-refractivity contribution in [3.63, 3.8) is 0 Å². The van der Waals surface area contributed by atoms with Gasteiger partial charge in [0.1, 0.15) is 25.0 Å². The number of aliphatic carboxylic acids is 2. The van der Waals surface area contributed by atoms with Crippen LogP contribution in [0.3, 0.4) is 0 Å². The highest BCUT2D eigenvalue weighted by molar-refractivity contribution is 5.80. The third kappa shape index (κ3) is 7.92. The highest BCUT2D eigenvalue weighted by Gasteiger charge is 2.46. The molecule has 0 aromatic carbocycles. The lowest BCUT2D eigenvalue weighted by Crippen LogP contribution is -2.52. The van der Waals surface area contributed by atoms with Crippen LogP contribution in [0, 0.1) is 11.8 Å². The summed E-state index contributed by atoms with van der Waals surface area (Å²) in [4.78, 5) is 46.8. The molecule has 2 aliphatic rings. The number of hydrogen-bond donors (Lipinski definition) is 8. The number of nitrogens with one attached hydrogen (secondary N) is 4. The molecule has 0 bridgehead atoms. The number of carboxylic acids is 2. The lowest BCUT2D eigenvalue weighted by molar-refractivity contribution is -0.207. The van der Waals surface area contributed by atoms with E-state index in [1.807, 2.05) is 0 Å². The number of amides is 4. The normalized spacial score (nSPS) is 26.4. The van der Waals surface area contributed by atoms with Crippen LogP contribution in [0.4, 0.5) is 9.59 Å². The molecule has 0 fully saturated rings. The average molecular weight is 484 g/mol. The minimum absolute atomic E-state index is 0.615. The fraction of sp³-hybridized carbons (Fsp3) is 0.333. The molecule has 34 heavy (non-hydrogen) atoms. The highest BCUT2D eigenvalue weighted by Crippen LogP contribution is 2.31. The van der Waals surface area contributed by atoms with E-state index in [2.05, 4.69) is 21.3 Å². The Balaban J connectivity index is 2.27. The van der Waals surface area contributed by atoms with Gasteiger partial charge >= 0.3 is 35.8 Å². The molecule has 4 amide bonds. The van der Waals surface area contributed by atoms with E-state index in [0.29, 0.717) is 0 Å². The Kier molecular flexibility index (Phi) is 8.68. The number of hydrogen-bond acceptors (Lipinski definition) is 10. The van der Waals surface area contributed by atoms with Crippen molar-refractivity contribution in [3.05, 3.63) is 49.8 Å². The number of carbonyl (C=O) groups is 4. The summed E-state index contributed by atoms with van der Waals surface area (Å²) >= 11 is 0. The number of rotatable bonds is 7. The fourth-order valence-electron chi connectivity index (χ4n) is 2.78. The molecule has 0 spiro atoms. The second-order valence-electron chi connectivity index (χ2n) is 6.84. The average Bonchev–Trinajstić information content (AvgIpc) is 2.77. The number of nitrogens with two attached hydrogens (primary N) is 2. The minimum Gasteiger partial charge on any atom is -0.481 e. The Morgan fingerprint density at radius 3 is 1.21 bits per heavy atom. The van der Waals surface area contributed by atoms with Gasteiger partial charge in [-0.05, 0) is 0 Å². The molecule has 186 valence electrons. The smallest absolute Gasteiger partial charge is 0.322 e. The first-order valence-corrected chi connectivity index (χ1v) is 9.52. The summed E-state index contributed by atoms with van der Waals surface area (Å²) in [5.74, 6) is -10.8. The van der Waals surface area contributed by atoms with Crippen LogP contribution >= 0.6 is 0 Å². The van der Waals surface area contributed by atoms with E-state index in [9.17, 15) is 29.4 Å². The Morgan fingerprint density at radius 1 is 0.706 bits per heavy atom. The fourth-order valence-corrected chi connectivity index (χ4v) is 2.78. The van der Waals surface area contributed by atoms with Gasteiger partial charge in [0.2, 0.25) is 0 Å². The first-order chi connectivity index (χ1) is 16.0. The van der Waals surface area contributed by atoms with Crippen molar-refractivity contribution in [3.8, 4) is 0 Å². The first kappa shape index (κ1) is 25.8. The topological polar surface area (TPSA) is 246 Å². The third-order valence-electron chi connectivity index (χ3n) is 4.33. The van der Waals surface area contributed by atoms with E-state index in [0.717, 1.165) is 49.8 Å². The predicted molar refractivity (Wildman–Crippen MR) is 110 cm³/mol. The zero-order chi connectivity index (χ0) is 25.2. The maximum Gasteiger partial charge on any atom is 0.322 e.